The lowest BCUT2D eigenvalue weighted by molar-refractivity contribution is 0.252. The molecule has 0 bridgehead atoms. The van der Waals surface area contributed by atoms with Gasteiger partial charge in [0.25, 0.3) is 0 Å². The third-order valence-electron chi connectivity index (χ3n) is 4.43. The minimum atomic E-state index is 0.733. The molecule has 0 aromatic heterocycles. The summed E-state index contributed by atoms with van der Waals surface area (Å²) in [6.07, 6.45) is 7.00. The summed E-state index contributed by atoms with van der Waals surface area (Å²) in [7, 11) is 0. The van der Waals surface area contributed by atoms with Crippen LogP contribution in [0.15, 0.2) is 24.3 Å². The van der Waals surface area contributed by atoms with Crippen molar-refractivity contribution < 1.29 is 0 Å². The normalized spacial score (nSPS) is 23.8. The number of benzene rings is 1. The lowest BCUT2D eigenvalue weighted by atomic mass is 9.81. The molecule has 1 aliphatic rings. The third kappa shape index (κ3) is 4.65. The average molecular weight is 259 g/mol. The van der Waals surface area contributed by atoms with Crippen molar-refractivity contribution in [2.75, 3.05) is 0 Å². The molecule has 2 rings (SSSR count). The van der Waals surface area contributed by atoms with Crippen LogP contribution in [0.5, 0.6) is 0 Å². The molecule has 1 aromatic carbocycles. The van der Waals surface area contributed by atoms with Crippen molar-refractivity contribution in [2.45, 2.75) is 65.5 Å². The Kier molecular flexibility index (Phi) is 5.45. The van der Waals surface area contributed by atoms with Gasteiger partial charge in [0.1, 0.15) is 0 Å². The van der Waals surface area contributed by atoms with Crippen molar-refractivity contribution in [1.29, 1.82) is 0 Å². The van der Waals surface area contributed by atoms with Crippen LogP contribution in [0, 0.1) is 18.8 Å². The van der Waals surface area contributed by atoms with Gasteiger partial charge in [-0.05, 0) is 49.1 Å². The topological polar surface area (TPSA) is 12.0 Å². The van der Waals surface area contributed by atoms with Gasteiger partial charge in [-0.3, -0.25) is 0 Å². The number of hydrogen-bond donors (Lipinski definition) is 1. The van der Waals surface area contributed by atoms with Gasteiger partial charge < -0.3 is 5.32 Å². The SMILES string of the molecule is Cc1ccccc1CNC1CCCC(CC(C)C)C1. The van der Waals surface area contributed by atoms with Crippen LogP contribution in [0.25, 0.3) is 0 Å². The first-order chi connectivity index (χ1) is 9.15. The predicted octanol–water partition coefficient (Wildman–Crippen LogP) is 4.69. The second-order valence-corrected chi connectivity index (χ2v) is 6.67. The Bertz CT molecular complexity index is 383. The highest BCUT2D eigenvalue weighted by Gasteiger charge is 2.22. The number of aryl methyl sites for hydroxylation is 1. The van der Waals surface area contributed by atoms with Crippen LogP contribution in [0.3, 0.4) is 0 Å². The molecule has 2 atom stereocenters. The molecule has 0 radical (unpaired) electrons. The van der Waals surface area contributed by atoms with Crippen molar-refractivity contribution in [2.24, 2.45) is 11.8 Å². The zero-order chi connectivity index (χ0) is 13.7. The van der Waals surface area contributed by atoms with Crippen LogP contribution < -0.4 is 5.32 Å². The van der Waals surface area contributed by atoms with Crippen LogP contribution >= 0.6 is 0 Å². The number of nitrogens with one attached hydrogen (secondary N) is 1. The van der Waals surface area contributed by atoms with E-state index in [0.29, 0.717) is 0 Å². The highest BCUT2D eigenvalue weighted by Crippen LogP contribution is 2.29. The van der Waals surface area contributed by atoms with E-state index in [4.69, 9.17) is 0 Å². The number of hydrogen-bond acceptors (Lipinski definition) is 1. The minimum Gasteiger partial charge on any atom is -0.310 e. The van der Waals surface area contributed by atoms with Gasteiger partial charge in [0.15, 0.2) is 0 Å². The smallest absolute Gasteiger partial charge is 0.0210 e. The zero-order valence-corrected chi connectivity index (χ0v) is 12.8. The summed E-state index contributed by atoms with van der Waals surface area (Å²) in [6.45, 7) is 7.94. The lowest BCUT2D eigenvalue weighted by Gasteiger charge is -2.31. The molecule has 1 aromatic rings. The molecule has 19 heavy (non-hydrogen) atoms. The standard InChI is InChI=1S/C18H29N/c1-14(2)11-16-8-6-10-18(12-16)19-13-17-9-5-4-7-15(17)3/h4-5,7,9,14,16,18-19H,6,8,10-13H2,1-3H3. The molecule has 1 nitrogen and oxygen atoms in total. The molecular formula is C18H29N. The van der Waals surface area contributed by atoms with Crippen LogP contribution in [0.1, 0.15) is 57.1 Å². The molecule has 0 saturated heterocycles. The highest BCUT2D eigenvalue weighted by molar-refractivity contribution is 5.25. The third-order valence-corrected chi connectivity index (χ3v) is 4.43. The Morgan fingerprint density at radius 3 is 2.74 bits per heavy atom. The monoisotopic (exact) mass is 259 g/mol. The molecule has 1 N–H and O–H groups in total. The first-order valence-electron chi connectivity index (χ1n) is 7.93. The fourth-order valence-electron chi connectivity index (χ4n) is 3.42. The maximum atomic E-state index is 3.78. The van der Waals surface area contributed by atoms with Gasteiger partial charge in [-0.25, -0.2) is 0 Å². The van der Waals surface area contributed by atoms with Crippen LogP contribution in [-0.4, -0.2) is 6.04 Å². The largest absolute Gasteiger partial charge is 0.310 e. The van der Waals surface area contributed by atoms with E-state index in [2.05, 4.69) is 50.4 Å². The van der Waals surface area contributed by atoms with E-state index in [1.165, 1.54) is 43.2 Å². The molecule has 0 amide bonds. The fourth-order valence-corrected chi connectivity index (χ4v) is 3.42. The molecular weight excluding hydrogens is 230 g/mol. The summed E-state index contributed by atoms with van der Waals surface area (Å²) in [5, 5.41) is 3.78. The fraction of sp³-hybridized carbons (Fsp3) is 0.667. The van der Waals surface area contributed by atoms with E-state index >= 15 is 0 Å². The van der Waals surface area contributed by atoms with Crippen LogP contribution in [0.4, 0.5) is 0 Å². The van der Waals surface area contributed by atoms with Crippen LogP contribution in [-0.2, 0) is 6.54 Å². The minimum absolute atomic E-state index is 0.733. The summed E-state index contributed by atoms with van der Waals surface area (Å²) >= 11 is 0. The van der Waals surface area contributed by atoms with Gasteiger partial charge >= 0.3 is 0 Å². The predicted molar refractivity (Wildman–Crippen MR) is 83.2 cm³/mol. The van der Waals surface area contributed by atoms with Gasteiger partial charge in [0, 0.05) is 12.6 Å². The van der Waals surface area contributed by atoms with E-state index < -0.39 is 0 Å². The molecule has 106 valence electrons. The second-order valence-electron chi connectivity index (χ2n) is 6.67. The summed E-state index contributed by atoms with van der Waals surface area (Å²) in [6, 6.07) is 9.46. The molecule has 0 heterocycles. The Morgan fingerprint density at radius 1 is 1.21 bits per heavy atom. The first-order valence-corrected chi connectivity index (χ1v) is 7.93. The van der Waals surface area contributed by atoms with Gasteiger partial charge in [-0.2, -0.15) is 0 Å². The van der Waals surface area contributed by atoms with E-state index in [9.17, 15) is 0 Å². The van der Waals surface area contributed by atoms with E-state index in [1.807, 2.05) is 0 Å². The van der Waals surface area contributed by atoms with Gasteiger partial charge in [-0.15, -0.1) is 0 Å². The van der Waals surface area contributed by atoms with Crippen molar-refractivity contribution in [3.63, 3.8) is 0 Å². The van der Waals surface area contributed by atoms with Gasteiger partial charge in [0.05, 0.1) is 0 Å². The Hall–Kier alpha value is -0.820. The Labute approximate surface area is 118 Å². The second kappa shape index (κ2) is 7.09. The summed E-state index contributed by atoms with van der Waals surface area (Å²) in [5.74, 6) is 1.79. The summed E-state index contributed by atoms with van der Waals surface area (Å²) < 4.78 is 0. The van der Waals surface area contributed by atoms with Gasteiger partial charge in [-0.1, -0.05) is 51.0 Å². The average Bonchev–Trinajstić information content (AvgIpc) is 2.37. The molecule has 1 aliphatic carbocycles. The van der Waals surface area contributed by atoms with E-state index in [1.54, 1.807) is 0 Å². The quantitative estimate of drug-likeness (QED) is 0.809. The highest BCUT2D eigenvalue weighted by atomic mass is 14.9. The lowest BCUT2D eigenvalue weighted by Crippen LogP contribution is -2.34. The molecule has 0 aliphatic heterocycles. The summed E-state index contributed by atoms with van der Waals surface area (Å²) in [5.41, 5.74) is 2.86. The van der Waals surface area contributed by atoms with Crippen molar-refractivity contribution in [3.05, 3.63) is 35.4 Å². The Morgan fingerprint density at radius 2 is 2.00 bits per heavy atom. The molecule has 1 saturated carbocycles. The summed E-state index contributed by atoms with van der Waals surface area (Å²) in [4.78, 5) is 0. The van der Waals surface area contributed by atoms with Crippen LogP contribution in [0.2, 0.25) is 0 Å². The van der Waals surface area contributed by atoms with E-state index in [-0.39, 0.29) is 0 Å². The first kappa shape index (κ1) is 14.6. The zero-order valence-electron chi connectivity index (χ0n) is 12.8. The van der Waals surface area contributed by atoms with Crippen molar-refractivity contribution >= 4 is 0 Å². The molecule has 1 heteroatoms. The maximum absolute atomic E-state index is 3.78. The van der Waals surface area contributed by atoms with Gasteiger partial charge in [0.2, 0.25) is 0 Å². The molecule has 2 unspecified atom stereocenters. The molecule has 0 spiro atoms. The Balaban J connectivity index is 1.81. The van der Waals surface area contributed by atoms with Crippen molar-refractivity contribution in [3.8, 4) is 0 Å². The number of rotatable bonds is 5. The van der Waals surface area contributed by atoms with Crippen molar-refractivity contribution in [1.82, 2.24) is 5.32 Å². The van der Waals surface area contributed by atoms with E-state index in [0.717, 1.165) is 24.4 Å². The molecule has 1 fully saturated rings. The maximum Gasteiger partial charge on any atom is 0.0210 e.